The van der Waals surface area contributed by atoms with Crippen LogP contribution in [-0.2, 0) is 20.9 Å². The molecule has 6 nitrogen and oxygen atoms in total. The van der Waals surface area contributed by atoms with Gasteiger partial charge in [-0.25, -0.2) is 9.79 Å². The number of cyclic esters (lactones) is 1. The Balaban J connectivity index is 1.48. The van der Waals surface area contributed by atoms with Crippen molar-refractivity contribution in [2.75, 3.05) is 5.32 Å². The van der Waals surface area contributed by atoms with Crippen LogP contribution in [0.15, 0.2) is 83.5 Å². The second-order valence-electron chi connectivity index (χ2n) is 7.09. The summed E-state index contributed by atoms with van der Waals surface area (Å²) in [5, 5.41) is 3.34. The van der Waals surface area contributed by atoms with Gasteiger partial charge in [-0.15, -0.1) is 0 Å². The van der Waals surface area contributed by atoms with Crippen molar-refractivity contribution in [1.82, 2.24) is 0 Å². The van der Waals surface area contributed by atoms with Crippen LogP contribution in [0.2, 0.25) is 5.02 Å². The molecule has 0 saturated carbocycles. The summed E-state index contributed by atoms with van der Waals surface area (Å²) >= 11 is 6.01. The number of nitrogens with one attached hydrogen (secondary N) is 1. The molecule has 1 aliphatic heterocycles. The van der Waals surface area contributed by atoms with Gasteiger partial charge in [-0.2, -0.15) is 0 Å². The molecule has 0 spiro atoms. The van der Waals surface area contributed by atoms with Crippen LogP contribution in [0, 0.1) is 0 Å². The number of rotatable bonds is 6. The molecular formula is C25H19ClN2O4. The Kier molecular flexibility index (Phi) is 6.33. The first-order valence-electron chi connectivity index (χ1n) is 9.84. The molecular weight excluding hydrogens is 428 g/mol. The van der Waals surface area contributed by atoms with Crippen LogP contribution in [0.25, 0.3) is 6.08 Å². The molecule has 1 aliphatic rings. The molecule has 0 saturated heterocycles. The quantitative estimate of drug-likeness (QED) is 0.416. The van der Waals surface area contributed by atoms with Crippen LogP contribution in [0.1, 0.15) is 23.6 Å². The average Bonchev–Trinajstić information content (AvgIpc) is 3.13. The summed E-state index contributed by atoms with van der Waals surface area (Å²) in [7, 11) is 0. The average molecular weight is 447 g/mol. The molecule has 0 bridgehead atoms. The van der Waals surface area contributed by atoms with E-state index in [1.165, 1.54) is 6.92 Å². The van der Waals surface area contributed by atoms with Crippen molar-refractivity contribution < 1.29 is 19.1 Å². The molecule has 0 aromatic heterocycles. The Bertz CT molecular complexity index is 1230. The fourth-order valence-electron chi connectivity index (χ4n) is 3.08. The predicted molar refractivity (Wildman–Crippen MR) is 124 cm³/mol. The zero-order valence-electron chi connectivity index (χ0n) is 17.2. The molecule has 0 atom stereocenters. The van der Waals surface area contributed by atoms with Crippen LogP contribution in [0.5, 0.6) is 5.75 Å². The van der Waals surface area contributed by atoms with Gasteiger partial charge in [-0.1, -0.05) is 35.9 Å². The zero-order chi connectivity index (χ0) is 22.5. The number of carbonyl (C=O) groups excluding carboxylic acids is 2. The second-order valence-corrected chi connectivity index (χ2v) is 7.52. The fourth-order valence-corrected chi connectivity index (χ4v) is 3.29. The van der Waals surface area contributed by atoms with Gasteiger partial charge in [0.1, 0.15) is 12.4 Å². The number of amides is 1. The van der Waals surface area contributed by atoms with E-state index in [1.54, 1.807) is 30.3 Å². The van der Waals surface area contributed by atoms with Crippen LogP contribution in [0.4, 0.5) is 5.69 Å². The number of ether oxygens (including phenoxy) is 2. The number of hydrogen-bond acceptors (Lipinski definition) is 5. The number of aliphatic imine (C=N–C) groups is 1. The first-order valence-corrected chi connectivity index (χ1v) is 10.2. The number of nitrogens with zero attached hydrogens (tertiary/aromatic N) is 1. The summed E-state index contributed by atoms with van der Waals surface area (Å²) in [6.07, 6.45) is 1.65. The number of anilines is 1. The Morgan fingerprint density at radius 2 is 1.88 bits per heavy atom. The van der Waals surface area contributed by atoms with Crippen LogP contribution >= 0.6 is 11.6 Å². The molecule has 4 rings (SSSR count). The summed E-state index contributed by atoms with van der Waals surface area (Å²) in [5.41, 5.74) is 3.19. The summed E-state index contributed by atoms with van der Waals surface area (Å²) in [4.78, 5) is 27.8. The maximum absolute atomic E-state index is 12.3. The van der Waals surface area contributed by atoms with Gasteiger partial charge in [0, 0.05) is 23.2 Å². The molecule has 1 amide bonds. The summed E-state index contributed by atoms with van der Waals surface area (Å²) < 4.78 is 11.1. The minimum atomic E-state index is -0.531. The third-order valence-corrected chi connectivity index (χ3v) is 4.76. The van der Waals surface area contributed by atoms with E-state index in [-0.39, 0.29) is 17.5 Å². The summed E-state index contributed by atoms with van der Waals surface area (Å²) in [5.74, 6) is 0.176. The highest BCUT2D eigenvalue weighted by Gasteiger charge is 2.24. The van der Waals surface area contributed by atoms with Crippen molar-refractivity contribution in [2.45, 2.75) is 13.5 Å². The molecule has 32 heavy (non-hydrogen) atoms. The zero-order valence-corrected chi connectivity index (χ0v) is 17.9. The van der Waals surface area contributed by atoms with Crippen LogP contribution in [-0.4, -0.2) is 17.8 Å². The van der Waals surface area contributed by atoms with Gasteiger partial charge in [-0.05, 0) is 65.7 Å². The highest BCUT2D eigenvalue weighted by atomic mass is 35.5. The third-order valence-electron chi connectivity index (χ3n) is 4.53. The normalized spacial score (nSPS) is 14.1. The van der Waals surface area contributed by atoms with Crippen LogP contribution < -0.4 is 10.1 Å². The number of halogens is 1. The van der Waals surface area contributed by atoms with Gasteiger partial charge in [0.05, 0.1) is 0 Å². The van der Waals surface area contributed by atoms with Gasteiger partial charge in [0.25, 0.3) is 0 Å². The van der Waals surface area contributed by atoms with Crippen molar-refractivity contribution in [3.8, 4) is 5.75 Å². The van der Waals surface area contributed by atoms with E-state index < -0.39 is 5.97 Å². The molecule has 0 unspecified atom stereocenters. The van der Waals surface area contributed by atoms with Crippen molar-refractivity contribution in [2.24, 2.45) is 4.99 Å². The third kappa shape index (κ3) is 5.42. The van der Waals surface area contributed by atoms with Crippen molar-refractivity contribution in [3.05, 3.63) is 100 Å². The lowest BCUT2D eigenvalue weighted by atomic mass is 10.2. The predicted octanol–water partition coefficient (Wildman–Crippen LogP) is 5.22. The second kappa shape index (κ2) is 9.49. The Morgan fingerprint density at radius 3 is 2.62 bits per heavy atom. The molecule has 7 heteroatoms. The van der Waals surface area contributed by atoms with Gasteiger partial charge >= 0.3 is 5.97 Å². The number of carbonyl (C=O) groups is 2. The van der Waals surface area contributed by atoms with E-state index in [0.717, 1.165) is 11.1 Å². The maximum Gasteiger partial charge on any atom is 0.363 e. The molecule has 3 aromatic rings. The summed E-state index contributed by atoms with van der Waals surface area (Å²) in [6, 6.07) is 21.7. The van der Waals surface area contributed by atoms with E-state index >= 15 is 0 Å². The highest BCUT2D eigenvalue weighted by Crippen LogP contribution is 2.23. The van der Waals surface area contributed by atoms with E-state index in [9.17, 15) is 9.59 Å². The van der Waals surface area contributed by atoms with Gasteiger partial charge in [0.2, 0.25) is 11.8 Å². The molecule has 160 valence electrons. The lowest BCUT2D eigenvalue weighted by molar-refractivity contribution is -0.129. The molecule has 0 fully saturated rings. The molecule has 1 N–H and O–H groups in total. The molecule has 0 aliphatic carbocycles. The van der Waals surface area contributed by atoms with E-state index in [2.05, 4.69) is 10.3 Å². The largest absolute Gasteiger partial charge is 0.489 e. The smallest absolute Gasteiger partial charge is 0.363 e. The minimum absolute atomic E-state index is 0.161. The first kappa shape index (κ1) is 21.3. The van der Waals surface area contributed by atoms with Gasteiger partial charge in [-0.3, -0.25) is 4.79 Å². The Hall–Kier alpha value is -3.90. The fraction of sp³-hybridized carbons (Fsp3) is 0.0800. The SMILES string of the molecule is CC(=O)Nc1ccc(C2=N/C(=C\c3cccc(OCc4cccc(Cl)c4)c3)C(=O)O2)cc1. The first-order chi connectivity index (χ1) is 15.5. The Morgan fingerprint density at radius 1 is 1.09 bits per heavy atom. The van der Waals surface area contributed by atoms with E-state index in [1.807, 2.05) is 48.5 Å². The maximum atomic E-state index is 12.3. The Labute approximate surface area is 190 Å². The van der Waals surface area contributed by atoms with E-state index in [4.69, 9.17) is 21.1 Å². The highest BCUT2D eigenvalue weighted by molar-refractivity contribution is 6.30. The number of hydrogen-bond donors (Lipinski definition) is 1. The van der Waals surface area contributed by atoms with Crippen molar-refractivity contribution >= 4 is 41.1 Å². The summed E-state index contributed by atoms with van der Waals surface area (Å²) in [6.45, 7) is 1.81. The molecule has 0 radical (unpaired) electrons. The number of esters is 1. The van der Waals surface area contributed by atoms with Crippen molar-refractivity contribution in [1.29, 1.82) is 0 Å². The lowest BCUT2D eigenvalue weighted by Crippen LogP contribution is -2.07. The van der Waals surface area contributed by atoms with Gasteiger partial charge in [0.15, 0.2) is 5.70 Å². The standard InChI is InChI=1S/C25H19ClN2O4/c1-16(29)27-21-10-8-19(9-11-21)24-28-23(25(30)32-24)14-17-4-3-7-22(13-17)31-15-18-5-2-6-20(26)12-18/h2-14H,15H2,1H3,(H,27,29)/b23-14-. The minimum Gasteiger partial charge on any atom is -0.489 e. The monoisotopic (exact) mass is 446 g/mol. The van der Waals surface area contributed by atoms with Crippen molar-refractivity contribution in [3.63, 3.8) is 0 Å². The lowest BCUT2D eigenvalue weighted by Gasteiger charge is -2.07. The number of benzene rings is 3. The van der Waals surface area contributed by atoms with Crippen LogP contribution in [0.3, 0.4) is 0 Å². The molecule has 1 heterocycles. The molecule has 3 aromatic carbocycles. The topological polar surface area (TPSA) is 77.0 Å². The van der Waals surface area contributed by atoms with E-state index in [0.29, 0.717) is 28.6 Å². The van der Waals surface area contributed by atoms with Gasteiger partial charge < -0.3 is 14.8 Å².